The number of alkyl halides is 2. The fraction of sp³-hybridized carbons (Fsp3) is 0.0952. The highest BCUT2D eigenvalue weighted by Crippen LogP contribution is 2.30. The predicted octanol–water partition coefficient (Wildman–Crippen LogP) is 4.29. The smallest absolute Gasteiger partial charge is 0.387 e. The number of hydrogen-bond donors (Lipinski definition) is 1. The molecule has 0 saturated carbocycles. The topological polar surface area (TPSA) is 125 Å². The standard InChI is InChI=1S/C21H16F2N2O7S/c1-31-19-12-13(2-11-18(19)32-21(22)23)20(26)24-14-3-7-16(8-4-14)33(29,30)17-9-5-15(6-10-17)25(27)28/h2-12,21H,1H3,(H,24,26). The molecule has 0 heterocycles. The van der Waals surface area contributed by atoms with Crippen LogP contribution in [0.25, 0.3) is 0 Å². The molecule has 0 radical (unpaired) electrons. The molecule has 0 aliphatic carbocycles. The van der Waals surface area contributed by atoms with E-state index in [2.05, 4.69) is 10.1 Å². The molecule has 172 valence electrons. The Morgan fingerprint density at radius 3 is 2.06 bits per heavy atom. The number of nitro benzene ring substituents is 1. The lowest BCUT2D eigenvalue weighted by Crippen LogP contribution is -2.13. The average molecular weight is 478 g/mol. The lowest BCUT2D eigenvalue weighted by Gasteiger charge is -2.12. The van der Waals surface area contributed by atoms with E-state index in [1.165, 1.54) is 49.6 Å². The number of nitrogens with one attached hydrogen (secondary N) is 1. The van der Waals surface area contributed by atoms with Gasteiger partial charge in [0.25, 0.3) is 11.6 Å². The van der Waals surface area contributed by atoms with Gasteiger partial charge in [-0.25, -0.2) is 8.42 Å². The van der Waals surface area contributed by atoms with Crippen LogP contribution in [0.1, 0.15) is 10.4 Å². The van der Waals surface area contributed by atoms with Crippen LogP contribution in [0, 0.1) is 10.1 Å². The molecule has 3 aromatic carbocycles. The van der Waals surface area contributed by atoms with E-state index in [1.54, 1.807) is 0 Å². The molecule has 33 heavy (non-hydrogen) atoms. The highest BCUT2D eigenvalue weighted by molar-refractivity contribution is 7.91. The molecule has 0 aliphatic rings. The molecule has 9 nitrogen and oxygen atoms in total. The van der Waals surface area contributed by atoms with E-state index in [9.17, 15) is 32.1 Å². The van der Waals surface area contributed by atoms with Crippen molar-refractivity contribution < 1.29 is 36.4 Å². The van der Waals surface area contributed by atoms with Crippen LogP contribution in [-0.4, -0.2) is 33.0 Å². The number of hydrogen-bond acceptors (Lipinski definition) is 7. The van der Waals surface area contributed by atoms with Gasteiger partial charge in [0.1, 0.15) is 0 Å². The largest absolute Gasteiger partial charge is 0.493 e. The summed E-state index contributed by atoms with van der Waals surface area (Å²) in [4.78, 5) is 22.4. The molecule has 0 atom stereocenters. The second-order valence-electron chi connectivity index (χ2n) is 6.48. The highest BCUT2D eigenvalue weighted by atomic mass is 32.2. The monoisotopic (exact) mass is 478 g/mol. The summed E-state index contributed by atoms with van der Waals surface area (Å²) in [5.74, 6) is -0.889. The minimum absolute atomic E-state index is 0.0625. The molecular weight excluding hydrogens is 462 g/mol. The quantitative estimate of drug-likeness (QED) is 0.378. The maximum Gasteiger partial charge on any atom is 0.387 e. The first kappa shape index (κ1) is 23.6. The second kappa shape index (κ2) is 9.61. The highest BCUT2D eigenvalue weighted by Gasteiger charge is 2.19. The van der Waals surface area contributed by atoms with Crippen LogP contribution < -0.4 is 14.8 Å². The first-order valence-electron chi connectivity index (χ1n) is 9.15. The van der Waals surface area contributed by atoms with Gasteiger partial charge in [0.2, 0.25) is 9.84 Å². The van der Waals surface area contributed by atoms with E-state index in [4.69, 9.17) is 4.74 Å². The van der Waals surface area contributed by atoms with E-state index in [-0.39, 0.29) is 38.2 Å². The Bertz CT molecular complexity index is 1280. The molecule has 3 rings (SSSR count). The van der Waals surface area contributed by atoms with Crippen LogP contribution in [0.5, 0.6) is 11.5 Å². The number of halogens is 2. The zero-order valence-electron chi connectivity index (χ0n) is 16.9. The number of carbonyl (C=O) groups is 1. The summed E-state index contributed by atoms with van der Waals surface area (Å²) in [6, 6.07) is 13.4. The van der Waals surface area contributed by atoms with Gasteiger partial charge in [-0.15, -0.1) is 0 Å². The minimum Gasteiger partial charge on any atom is -0.493 e. The van der Waals surface area contributed by atoms with E-state index in [1.807, 2.05) is 0 Å². The molecular formula is C21H16F2N2O7S. The number of benzene rings is 3. The normalized spacial score (nSPS) is 11.2. The molecule has 0 aromatic heterocycles. The van der Waals surface area contributed by atoms with Crippen LogP contribution in [0.3, 0.4) is 0 Å². The fourth-order valence-corrected chi connectivity index (χ4v) is 4.07. The molecule has 0 spiro atoms. The fourth-order valence-electron chi connectivity index (χ4n) is 2.81. The maximum absolute atomic E-state index is 12.7. The molecule has 0 aliphatic heterocycles. The molecule has 1 amide bonds. The van der Waals surface area contributed by atoms with Crippen molar-refractivity contribution in [1.82, 2.24) is 0 Å². The second-order valence-corrected chi connectivity index (χ2v) is 8.43. The number of nitrogens with zero attached hydrogens (tertiary/aromatic N) is 1. The van der Waals surface area contributed by atoms with Crippen molar-refractivity contribution in [3.05, 3.63) is 82.4 Å². The van der Waals surface area contributed by atoms with Gasteiger partial charge < -0.3 is 14.8 Å². The van der Waals surface area contributed by atoms with Crippen molar-refractivity contribution in [2.75, 3.05) is 12.4 Å². The number of nitro groups is 1. The van der Waals surface area contributed by atoms with Crippen molar-refractivity contribution in [3.63, 3.8) is 0 Å². The Labute approximate surface area is 186 Å². The molecule has 0 unspecified atom stereocenters. The number of sulfone groups is 1. The van der Waals surface area contributed by atoms with E-state index < -0.39 is 27.3 Å². The van der Waals surface area contributed by atoms with Crippen molar-refractivity contribution in [3.8, 4) is 11.5 Å². The number of non-ortho nitro benzene ring substituents is 1. The summed E-state index contributed by atoms with van der Waals surface area (Å²) in [5.41, 5.74) is 0.128. The Morgan fingerprint density at radius 2 is 1.55 bits per heavy atom. The summed E-state index contributed by atoms with van der Waals surface area (Å²) >= 11 is 0. The Morgan fingerprint density at radius 1 is 0.970 bits per heavy atom. The Balaban J connectivity index is 1.76. The van der Waals surface area contributed by atoms with Gasteiger partial charge in [-0.05, 0) is 54.6 Å². The molecule has 0 saturated heterocycles. The van der Waals surface area contributed by atoms with Gasteiger partial charge in [0.15, 0.2) is 11.5 Å². The summed E-state index contributed by atoms with van der Waals surface area (Å²) in [7, 11) is -2.69. The van der Waals surface area contributed by atoms with Crippen LogP contribution >= 0.6 is 0 Å². The van der Waals surface area contributed by atoms with E-state index >= 15 is 0 Å². The zero-order valence-corrected chi connectivity index (χ0v) is 17.7. The molecule has 0 fully saturated rings. The Hall–Kier alpha value is -4.06. The molecule has 3 aromatic rings. The van der Waals surface area contributed by atoms with Crippen LogP contribution in [-0.2, 0) is 9.84 Å². The number of rotatable bonds is 8. The van der Waals surface area contributed by atoms with Crippen LogP contribution in [0.15, 0.2) is 76.5 Å². The lowest BCUT2D eigenvalue weighted by molar-refractivity contribution is -0.384. The molecule has 1 N–H and O–H groups in total. The van der Waals surface area contributed by atoms with Gasteiger partial charge >= 0.3 is 6.61 Å². The van der Waals surface area contributed by atoms with Crippen molar-refractivity contribution >= 4 is 27.1 Å². The zero-order chi connectivity index (χ0) is 24.2. The Kier molecular flexibility index (Phi) is 6.87. The van der Waals surface area contributed by atoms with Crippen molar-refractivity contribution in [2.24, 2.45) is 0 Å². The van der Waals surface area contributed by atoms with Crippen LogP contribution in [0.2, 0.25) is 0 Å². The summed E-state index contributed by atoms with van der Waals surface area (Å²) in [6.45, 7) is -3.06. The average Bonchev–Trinajstić information content (AvgIpc) is 2.79. The number of anilines is 1. The summed E-state index contributed by atoms with van der Waals surface area (Å²) in [6.07, 6.45) is 0. The predicted molar refractivity (Wildman–Crippen MR) is 113 cm³/mol. The van der Waals surface area contributed by atoms with Gasteiger partial charge in [0, 0.05) is 23.4 Å². The third-order valence-corrected chi connectivity index (χ3v) is 6.21. The first-order valence-corrected chi connectivity index (χ1v) is 10.6. The van der Waals surface area contributed by atoms with Crippen molar-refractivity contribution in [2.45, 2.75) is 16.4 Å². The SMILES string of the molecule is COc1cc(C(=O)Nc2ccc(S(=O)(=O)c3ccc([N+](=O)[O-])cc3)cc2)ccc1OC(F)F. The van der Waals surface area contributed by atoms with Crippen LogP contribution in [0.4, 0.5) is 20.2 Å². The summed E-state index contributed by atoms with van der Waals surface area (Å²) < 4.78 is 59.6. The minimum atomic E-state index is -3.93. The van der Waals surface area contributed by atoms with Gasteiger partial charge in [-0.1, -0.05) is 0 Å². The van der Waals surface area contributed by atoms with E-state index in [0.717, 1.165) is 24.3 Å². The maximum atomic E-state index is 12.7. The third kappa shape index (κ3) is 5.41. The van der Waals surface area contributed by atoms with Gasteiger partial charge in [-0.2, -0.15) is 8.78 Å². The van der Waals surface area contributed by atoms with E-state index in [0.29, 0.717) is 0 Å². The lowest BCUT2D eigenvalue weighted by atomic mass is 10.2. The number of carbonyl (C=O) groups excluding carboxylic acids is 1. The number of ether oxygens (including phenoxy) is 2. The number of amides is 1. The van der Waals surface area contributed by atoms with Crippen molar-refractivity contribution in [1.29, 1.82) is 0 Å². The van der Waals surface area contributed by atoms with Gasteiger partial charge in [0.05, 0.1) is 21.8 Å². The first-order chi connectivity index (χ1) is 15.6. The molecule has 0 bridgehead atoms. The number of methoxy groups -OCH3 is 1. The van der Waals surface area contributed by atoms with Gasteiger partial charge in [-0.3, -0.25) is 14.9 Å². The summed E-state index contributed by atoms with van der Waals surface area (Å²) in [5, 5.41) is 13.3. The third-order valence-electron chi connectivity index (χ3n) is 4.42. The molecule has 12 heteroatoms.